The zero-order valence-corrected chi connectivity index (χ0v) is 7.37. The topological polar surface area (TPSA) is 116 Å². The van der Waals surface area contributed by atoms with Crippen molar-refractivity contribution in [3.8, 4) is 0 Å². The predicted molar refractivity (Wildman–Crippen MR) is 37.9 cm³/mol. The normalized spacial score (nSPS) is 16.1. The molecule has 0 aliphatic rings. The number of hydrogen-bond acceptors (Lipinski definition) is 7. The van der Waals surface area contributed by atoms with Crippen molar-refractivity contribution in [2.75, 3.05) is 7.05 Å². The second-order valence-corrected chi connectivity index (χ2v) is 3.83. The Kier molecular flexibility index (Phi) is 3.57. The van der Waals surface area contributed by atoms with Crippen molar-refractivity contribution in [3.63, 3.8) is 0 Å². The molecule has 74 valence electrons. The van der Waals surface area contributed by atoms with E-state index in [1.807, 2.05) is 0 Å². The lowest BCUT2D eigenvalue weighted by Crippen LogP contribution is -2.46. The summed E-state index contributed by atoms with van der Waals surface area (Å²) < 4.78 is 25.3. The fourth-order valence-corrected chi connectivity index (χ4v) is 1.31. The van der Waals surface area contributed by atoms with E-state index in [4.69, 9.17) is 15.3 Å². The smallest absolute Gasteiger partial charge is 0.315 e. The minimum absolute atomic E-state index is 0.717. The van der Waals surface area contributed by atoms with Gasteiger partial charge in [0, 0.05) is 7.05 Å². The molecule has 4 N–H and O–H groups in total. The van der Waals surface area contributed by atoms with Gasteiger partial charge in [0.1, 0.15) is 0 Å². The summed E-state index contributed by atoms with van der Waals surface area (Å²) >= 11 is 0. The highest BCUT2D eigenvalue weighted by atomic mass is 32.2. The first-order valence-electron chi connectivity index (χ1n) is 2.93. The highest BCUT2D eigenvalue weighted by molar-refractivity contribution is 7.87. The molecule has 0 heterocycles. The van der Waals surface area contributed by atoms with Crippen LogP contribution >= 0.6 is 0 Å². The van der Waals surface area contributed by atoms with Crippen LogP contribution in [0.4, 0.5) is 0 Å². The molecule has 0 aromatic heterocycles. The van der Waals surface area contributed by atoms with E-state index in [1.165, 1.54) is 0 Å². The van der Waals surface area contributed by atoms with Crippen LogP contribution in [0.3, 0.4) is 0 Å². The van der Waals surface area contributed by atoms with Gasteiger partial charge < -0.3 is 15.3 Å². The molecule has 0 aromatic rings. The summed E-state index contributed by atoms with van der Waals surface area (Å²) in [6.45, 7) is 0.717. The molecular formula is C4H11NO6S. The molecule has 0 aromatic carbocycles. The van der Waals surface area contributed by atoms with E-state index in [-0.39, 0.29) is 0 Å². The second-order valence-electron chi connectivity index (χ2n) is 2.23. The van der Waals surface area contributed by atoms with E-state index in [0.29, 0.717) is 6.92 Å². The second kappa shape index (κ2) is 3.64. The van der Waals surface area contributed by atoms with Gasteiger partial charge in [-0.3, -0.25) is 0 Å². The van der Waals surface area contributed by atoms with Gasteiger partial charge in [0.05, 0.1) is 0 Å². The Morgan fingerprint density at radius 1 is 1.50 bits per heavy atom. The van der Waals surface area contributed by atoms with Crippen LogP contribution in [0.25, 0.3) is 0 Å². The molecule has 0 bridgehead atoms. The lowest BCUT2D eigenvalue weighted by molar-refractivity contribution is -0.188. The van der Waals surface area contributed by atoms with Gasteiger partial charge >= 0.3 is 10.1 Å². The van der Waals surface area contributed by atoms with Crippen LogP contribution in [0, 0.1) is 0 Å². The molecule has 0 aliphatic heterocycles. The molecule has 7 nitrogen and oxygen atoms in total. The summed E-state index contributed by atoms with van der Waals surface area (Å²) in [6.07, 6.45) is 0. The lowest BCUT2D eigenvalue weighted by atomic mass is 10.4. The number of rotatable bonds is 4. The Bertz CT molecular complexity index is 228. The average molecular weight is 201 g/mol. The molecule has 1 atom stereocenters. The van der Waals surface area contributed by atoms with Crippen molar-refractivity contribution in [1.82, 2.24) is 5.48 Å². The summed E-state index contributed by atoms with van der Waals surface area (Å²) in [5, 5.41) is 26.1. The number of aliphatic hydroxyl groups is 3. The molecule has 0 rings (SSSR count). The predicted octanol–water partition coefficient (Wildman–Crippen LogP) is -2.51. The van der Waals surface area contributed by atoms with E-state index in [1.54, 1.807) is 5.48 Å². The van der Waals surface area contributed by atoms with E-state index in [0.717, 1.165) is 7.05 Å². The Balaban J connectivity index is 4.59. The minimum atomic E-state index is -4.42. The van der Waals surface area contributed by atoms with Crippen molar-refractivity contribution < 1.29 is 28.0 Å². The molecule has 0 saturated heterocycles. The number of hydroxylamine groups is 1. The minimum Gasteiger partial charge on any atom is -0.371 e. The van der Waals surface area contributed by atoms with Gasteiger partial charge in [0.2, 0.25) is 11.2 Å². The highest BCUT2D eigenvalue weighted by Gasteiger charge is 2.39. The number of aliphatic hydroxyl groups excluding tert-OH is 1. The zero-order valence-electron chi connectivity index (χ0n) is 6.55. The van der Waals surface area contributed by atoms with Crippen LogP contribution in [-0.2, 0) is 14.4 Å². The Hall–Kier alpha value is -0.250. The first kappa shape index (κ1) is 11.8. The van der Waals surface area contributed by atoms with Crippen molar-refractivity contribution in [2.45, 2.75) is 18.1 Å². The van der Waals surface area contributed by atoms with Crippen LogP contribution in [0.15, 0.2) is 0 Å². The molecule has 1 unspecified atom stereocenters. The van der Waals surface area contributed by atoms with Crippen molar-refractivity contribution in [2.24, 2.45) is 0 Å². The van der Waals surface area contributed by atoms with E-state index >= 15 is 0 Å². The third-order valence-corrected chi connectivity index (χ3v) is 2.33. The van der Waals surface area contributed by atoms with Gasteiger partial charge in [0.25, 0.3) is 0 Å². The third-order valence-electron chi connectivity index (χ3n) is 0.941. The van der Waals surface area contributed by atoms with Crippen LogP contribution < -0.4 is 5.48 Å². The number of nitrogens with one attached hydrogen (secondary N) is 1. The summed E-state index contributed by atoms with van der Waals surface area (Å²) in [5.74, 6) is -2.75. The first-order valence-corrected chi connectivity index (χ1v) is 4.41. The van der Waals surface area contributed by atoms with E-state index < -0.39 is 21.3 Å². The Morgan fingerprint density at radius 2 is 1.92 bits per heavy atom. The fourth-order valence-electron chi connectivity index (χ4n) is 0.435. The molecule has 0 fully saturated rings. The van der Waals surface area contributed by atoms with E-state index in [9.17, 15) is 8.42 Å². The molecule has 0 aliphatic carbocycles. The molecule has 0 saturated carbocycles. The molecule has 0 radical (unpaired) electrons. The first-order chi connectivity index (χ1) is 5.22. The molecule has 0 spiro atoms. The van der Waals surface area contributed by atoms with Crippen molar-refractivity contribution in [1.29, 1.82) is 0 Å². The lowest BCUT2D eigenvalue weighted by Gasteiger charge is -2.21. The Morgan fingerprint density at radius 3 is 2.17 bits per heavy atom. The standard InChI is InChI=1S/C4H11NO6S/c1-4(7,8)3(6)12(9,10)11-5-2/h3,5-8H,1-2H3. The van der Waals surface area contributed by atoms with E-state index in [2.05, 4.69) is 4.28 Å². The number of hydrogen-bond donors (Lipinski definition) is 4. The maximum Gasteiger partial charge on any atom is 0.315 e. The summed E-state index contributed by atoms with van der Waals surface area (Å²) in [4.78, 5) is 0. The van der Waals surface area contributed by atoms with Crippen LogP contribution in [-0.4, -0.2) is 42.0 Å². The van der Waals surface area contributed by atoms with Crippen LogP contribution in [0.2, 0.25) is 0 Å². The van der Waals surface area contributed by atoms with Gasteiger partial charge in [-0.25, -0.2) is 0 Å². The summed E-state index contributed by atoms with van der Waals surface area (Å²) in [7, 11) is -3.27. The molecule has 12 heavy (non-hydrogen) atoms. The largest absolute Gasteiger partial charge is 0.371 e. The molecular weight excluding hydrogens is 190 g/mol. The summed E-state index contributed by atoms with van der Waals surface area (Å²) in [5.41, 5.74) is -0.628. The van der Waals surface area contributed by atoms with Crippen molar-refractivity contribution >= 4 is 10.1 Å². The van der Waals surface area contributed by atoms with Gasteiger partial charge in [-0.1, -0.05) is 0 Å². The van der Waals surface area contributed by atoms with Gasteiger partial charge in [-0.15, -0.1) is 0 Å². The average Bonchev–Trinajstić information content (AvgIpc) is 1.84. The van der Waals surface area contributed by atoms with Crippen LogP contribution in [0.5, 0.6) is 0 Å². The zero-order chi connectivity index (χ0) is 9.99. The maximum absolute atomic E-state index is 10.7. The summed E-state index contributed by atoms with van der Waals surface area (Å²) in [6, 6.07) is 0. The van der Waals surface area contributed by atoms with Gasteiger partial charge in [-0.05, 0) is 6.92 Å². The fraction of sp³-hybridized carbons (Fsp3) is 1.00. The monoisotopic (exact) mass is 201 g/mol. The van der Waals surface area contributed by atoms with Gasteiger partial charge in [0.15, 0.2) is 0 Å². The quantitative estimate of drug-likeness (QED) is 0.293. The highest BCUT2D eigenvalue weighted by Crippen LogP contribution is 2.12. The third kappa shape index (κ3) is 3.01. The molecule has 0 amide bonds. The van der Waals surface area contributed by atoms with Crippen LogP contribution in [0.1, 0.15) is 6.92 Å². The van der Waals surface area contributed by atoms with Crippen molar-refractivity contribution in [3.05, 3.63) is 0 Å². The van der Waals surface area contributed by atoms with Gasteiger partial charge in [-0.2, -0.15) is 18.2 Å². The molecule has 8 heteroatoms. The Labute approximate surface area is 69.7 Å². The SMILES string of the molecule is CNOS(=O)(=O)C(O)C(C)(O)O. The maximum atomic E-state index is 10.7.